The second-order valence-corrected chi connectivity index (χ2v) is 1.66. The molecule has 0 unspecified atom stereocenters. The van der Waals surface area contributed by atoms with Crippen molar-refractivity contribution < 1.29 is 0 Å². The van der Waals surface area contributed by atoms with E-state index in [-0.39, 0.29) is 0 Å². The van der Waals surface area contributed by atoms with Crippen LogP contribution in [0.2, 0.25) is 0 Å². The van der Waals surface area contributed by atoms with Crippen molar-refractivity contribution in [3.63, 3.8) is 0 Å². The number of hydrogen-bond acceptors (Lipinski definition) is 0. The molecule has 1 aromatic rings. The number of hydrogen-bond donors (Lipinski definition) is 0. The molecule has 0 aliphatic carbocycles. The maximum Gasteiger partial charge on any atom is -0.00430 e. The lowest BCUT2D eigenvalue weighted by Crippen LogP contribution is -1.74. The highest BCUT2D eigenvalue weighted by Gasteiger charge is 1.80. The summed E-state index contributed by atoms with van der Waals surface area (Å²) < 4.78 is 0. The van der Waals surface area contributed by atoms with Crippen LogP contribution in [0, 0.1) is 6.92 Å². The van der Waals surface area contributed by atoms with Crippen molar-refractivity contribution in [2.24, 2.45) is 0 Å². The summed E-state index contributed by atoms with van der Waals surface area (Å²) in [5.41, 5.74) is 1.08. The average Bonchev–Trinajstić information content (AvgIpc) is 1.90. The molecule has 0 saturated heterocycles. The van der Waals surface area contributed by atoms with Crippen molar-refractivity contribution in [2.45, 2.75) is 6.42 Å². The van der Waals surface area contributed by atoms with Crippen LogP contribution in [0.15, 0.2) is 30.3 Å². The summed E-state index contributed by atoms with van der Waals surface area (Å²) in [6, 6.07) is 9.76. The van der Waals surface area contributed by atoms with E-state index in [0.29, 0.717) is 6.42 Å². The van der Waals surface area contributed by atoms with Crippen LogP contribution in [0.25, 0.3) is 0 Å². The van der Waals surface area contributed by atoms with Crippen molar-refractivity contribution >= 4 is 0 Å². The number of rotatable bonds is 1. The first-order valence-electron chi connectivity index (χ1n) is 2.62. The Bertz CT molecular complexity index is 141. The third-order valence-electron chi connectivity index (χ3n) is 1.05. The van der Waals surface area contributed by atoms with Gasteiger partial charge in [0.15, 0.2) is 0 Å². The molecule has 0 heterocycles. The van der Waals surface area contributed by atoms with Crippen LogP contribution >= 0.6 is 0 Å². The van der Waals surface area contributed by atoms with Gasteiger partial charge in [0, 0.05) is 0 Å². The van der Waals surface area contributed by atoms with Gasteiger partial charge in [-0.2, -0.15) is 0 Å². The molecular formula is C8H7. The van der Waals surface area contributed by atoms with E-state index in [1.165, 1.54) is 0 Å². The Kier molecular flexibility index (Phi) is 1.68. The minimum Gasteiger partial charge on any atom is -0.0622 e. The molecule has 0 aliphatic heterocycles. The predicted octanol–water partition coefficient (Wildman–Crippen LogP) is 1.82. The normalized spacial score (nSPS) is 9.12. The van der Waals surface area contributed by atoms with Crippen molar-refractivity contribution in [1.82, 2.24) is 0 Å². The Morgan fingerprint density at radius 3 is 2.12 bits per heavy atom. The summed E-state index contributed by atoms with van der Waals surface area (Å²) in [4.78, 5) is 0. The summed E-state index contributed by atoms with van der Waals surface area (Å²) in [6.45, 7) is 6.94. The quantitative estimate of drug-likeness (QED) is 0.508. The third kappa shape index (κ3) is 1.09. The van der Waals surface area contributed by atoms with E-state index in [1.807, 2.05) is 30.3 Å². The van der Waals surface area contributed by atoms with E-state index in [2.05, 4.69) is 0 Å². The van der Waals surface area contributed by atoms with Gasteiger partial charge < -0.3 is 0 Å². The molecule has 0 atom stereocenters. The van der Waals surface area contributed by atoms with Crippen LogP contribution in [0.3, 0.4) is 0 Å². The zero-order valence-corrected chi connectivity index (χ0v) is 4.59. The molecule has 1 rings (SSSR count). The lowest BCUT2D eigenvalue weighted by molar-refractivity contribution is 1.27. The highest BCUT2D eigenvalue weighted by Crippen LogP contribution is 1.96. The SMILES string of the molecule is [C]Cc1ccccc1. The van der Waals surface area contributed by atoms with E-state index in [4.69, 9.17) is 6.92 Å². The van der Waals surface area contributed by atoms with Gasteiger partial charge in [-0.05, 0) is 18.9 Å². The summed E-state index contributed by atoms with van der Waals surface area (Å²) in [6.07, 6.45) is 0.390. The van der Waals surface area contributed by atoms with Crippen molar-refractivity contribution in [2.75, 3.05) is 0 Å². The Hall–Kier alpha value is -0.780. The molecule has 8 heavy (non-hydrogen) atoms. The van der Waals surface area contributed by atoms with Gasteiger partial charge in [0.1, 0.15) is 0 Å². The molecular weight excluding hydrogens is 96.1 g/mol. The van der Waals surface area contributed by atoms with Crippen molar-refractivity contribution in [3.05, 3.63) is 42.8 Å². The smallest absolute Gasteiger partial charge is 0.00430 e. The van der Waals surface area contributed by atoms with E-state index in [0.717, 1.165) is 5.56 Å². The van der Waals surface area contributed by atoms with E-state index in [9.17, 15) is 0 Å². The Balaban J connectivity index is 2.83. The fraction of sp³-hybridized carbons (Fsp3) is 0.125. The first kappa shape index (κ1) is 5.36. The van der Waals surface area contributed by atoms with Crippen LogP contribution in [0.4, 0.5) is 0 Å². The van der Waals surface area contributed by atoms with Crippen molar-refractivity contribution in [3.8, 4) is 0 Å². The van der Waals surface area contributed by atoms with Gasteiger partial charge in [0.2, 0.25) is 0 Å². The third-order valence-corrected chi connectivity index (χ3v) is 1.05. The summed E-state index contributed by atoms with van der Waals surface area (Å²) in [5.74, 6) is 0. The molecule has 0 nitrogen and oxygen atoms in total. The topological polar surface area (TPSA) is 0 Å². The van der Waals surface area contributed by atoms with E-state index in [1.54, 1.807) is 0 Å². The van der Waals surface area contributed by atoms with Crippen LogP contribution in [0.1, 0.15) is 5.56 Å². The lowest BCUT2D eigenvalue weighted by atomic mass is 10.2. The fourth-order valence-corrected chi connectivity index (χ4v) is 0.596. The summed E-state index contributed by atoms with van der Waals surface area (Å²) in [5, 5.41) is 0. The Morgan fingerprint density at radius 2 is 1.75 bits per heavy atom. The van der Waals surface area contributed by atoms with Crippen LogP contribution in [-0.4, -0.2) is 0 Å². The van der Waals surface area contributed by atoms with Crippen molar-refractivity contribution in [1.29, 1.82) is 0 Å². The van der Waals surface area contributed by atoms with Crippen LogP contribution < -0.4 is 0 Å². The molecule has 0 saturated carbocycles. The minimum absolute atomic E-state index is 0.390. The molecule has 0 heteroatoms. The minimum atomic E-state index is 0.390. The molecule has 0 spiro atoms. The zero-order valence-electron chi connectivity index (χ0n) is 4.59. The maximum absolute atomic E-state index is 6.94. The van der Waals surface area contributed by atoms with E-state index >= 15 is 0 Å². The molecule has 39 valence electrons. The molecule has 3 radical (unpaired) electrons. The molecule has 1 aromatic carbocycles. The Morgan fingerprint density at radius 1 is 1.12 bits per heavy atom. The standard InChI is InChI=1S/C8H7/c1-2-8-6-4-3-5-7-8/h3-7H,2H2. The molecule has 0 bridgehead atoms. The van der Waals surface area contributed by atoms with Gasteiger partial charge in [0.05, 0.1) is 0 Å². The second kappa shape index (κ2) is 2.51. The largest absolute Gasteiger partial charge is 0.0622 e. The van der Waals surface area contributed by atoms with Gasteiger partial charge in [-0.25, -0.2) is 0 Å². The first-order chi connectivity index (χ1) is 3.93. The van der Waals surface area contributed by atoms with Gasteiger partial charge in [-0.3, -0.25) is 0 Å². The first-order valence-corrected chi connectivity index (χ1v) is 2.62. The molecule has 0 N–H and O–H groups in total. The molecule has 0 fully saturated rings. The molecule has 0 aromatic heterocycles. The van der Waals surface area contributed by atoms with Gasteiger partial charge >= 0.3 is 0 Å². The van der Waals surface area contributed by atoms with Gasteiger partial charge in [-0.1, -0.05) is 30.3 Å². The van der Waals surface area contributed by atoms with Gasteiger partial charge in [-0.15, -0.1) is 0 Å². The maximum atomic E-state index is 6.94. The second-order valence-electron chi connectivity index (χ2n) is 1.66. The lowest BCUT2D eigenvalue weighted by Gasteiger charge is -1.89. The van der Waals surface area contributed by atoms with Crippen LogP contribution in [-0.2, 0) is 6.42 Å². The highest BCUT2D eigenvalue weighted by atomic mass is 13.9. The molecule has 0 amide bonds. The zero-order chi connectivity index (χ0) is 5.82. The summed E-state index contributed by atoms with van der Waals surface area (Å²) >= 11 is 0. The fourth-order valence-electron chi connectivity index (χ4n) is 0.596. The van der Waals surface area contributed by atoms with Gasteiger partial charge in [0.25, 0.3) is 0 Å². The predicted molar refractivity (Wildman–Crippen MR) is 33.4 cm³/mol. The van der Waals surface area contributed by atoms with E-state index < -0.39 is 0 Å². The monoisotopic (exact) mass is 103 g/mol. The van der Waals surface area contributed by atoms with Crippen LogP contribution in [0.5, 0.6) is 0 Å². The summed E-state index contributed by atoms with van der Waals surface area (Å²) in [7, 11) is 0. The Labute approximate surface area is 50.2 Å². The number of benzene rings is 1. The highest BCUT2D eigenvalue weighted by molar-refractivity contribution is 5.14. The molecule has 0 aliphatic rings. The average molecular weight is 103 g/mol.